The monoisotopic (exact) mass is 875 g/mol. The molecule has 14 heteroatoms. The molecule has 2 bridgehead atoms. The predicted octanol–water partition coefficient (Wildman–Crippen LogP) is 5.60. The van der Waals surface area contributed by atoms with E-state index in [1.165, 1.54) is 0 Å². The van der Waals surface area contributed by atoms with Gasteiger partial charge in [0.1, 0.15) is 42.0 Å². The van der Waals surface area contributed by atoms with Gasteiger partial charge in [-0.15, -0.1) is 0 Å². The van der Waals surface area contributed by atoms with Gasteiger partial charge in [-0.05, 0) is 69.1 Å². The van der Waals surface area contributed by atoms with Gasteiger partial charge in [-0.2, -0.15) is 0 Å². The Kier molecular flexibility index (Phi) is 15.3. The second-order valence-corrected chi connectivity index (χ2v) is 19.4. The fraction of sp³-hybridized carbons (Fsp3) is 0.812. The fourth-order valence-electron chi connectivity index (χ4n) is 11.0. The maximum atomic E-state index is 14.4. The van der Waals surface area contributed by atoms with Crippen molar-refractivity contribution < 1.29 is 67.5 Å². The smallest absolute Gasteiger partial charge is 0.316 e. The van der Waals surface area contributed by atoms with E-state index in [2.05, 4.69) is 40.7 Å². The molecule has 5 saturated heterocycles. The van der Waals surface area contributed by atoms with Gasteiger partial charge in [0.25, 0.3) is 0 Å². The van der Waals surface area contributed by atoms with Crippen LogP contribution in [-0.2, 0) is 52.2 Å². The standard InChI is InChI=1S/C48H74O14/c1-11-25(2)43-28(5)17-18-47(62-43)23-34-20-33(61-47)16-15-27(4)42(26(3)13-12-14-32-24-55-45-40(49)29(6)19-35(46(51)58-34)48(32,45)52)59-39-22-37(54-10)44(31(8)57-39)60-38-21-36(53-9)41(50)30(7)56-38/h12-15,19,25-26,28,30-31,33-45,49-50,52H,11,16-18,20-24H2,1-10H3/b13-12+,27-15+,32-14+/t25-,26-,28-,30-,31-,33+,34-,35-,36-,37-,38-,39-,40+,41-,42-,43+,44-,45+,47+,48+/m1/s1. The molecule has 0 aromatic rings. The van der Waals surface area contributed by atoms with Crippen LogP contribution in [-0.4, -0.2) is 139 Å². The number of esters is 1. The van der Waals surface area contributed by atoms with E-state index in [-0.39, 0.29) is 30.8 Å². The number of allylic oxidation sites excluding steroid dienone is 2. The average molecular weight is 875 g/mol. The van der Waals surface area contributed by atoms with Gasteiger partial charge in [-0.25, -0.2) is 0 Å². The van der Waals surface area contributed by atoms with Crippen molar-refractivity contribution in [3.63, 3.8) is 0 Å². The van der Waals surface area contributed by atoms with Crippen molar-refractivity contribution in [3.8, 4) is 0 Å². The number of aliphatic hydroxyl groups excluding tert-OH is 2. The van der Waals surface area contributed by atoms with Gasteiger partial charge in [0.15, 0.2) is 18.4 Å². The summed E-state index contributed by atoms with van der Waals surface area (Å²) in [5.41, 5.74) is 0.188. The Balaban J connectivity index is 1.18. The molecule has 5 fully saturated rings. The van der Waals surface area contributed by atoms with Crippen LogP contribution in [0.1, 0.15) is 107 Å². The number of fused-ring (bicyclic) bond motifs is 2. The zero-order chi connectivity index (χ0) is 44.7. The highest BCUT2D eigenvalue weighted by Crippen LogP contribution is 2.48. The van der Waals surface area contributed by atoms with Crippen LogP contribution in [0.25, 0.3) is 0 Å². The SMILES string of the molecule is CC[C@@H](C)[C@@H]1O[C@@]2(CC[C@H]1C)C[C@H]1C[C@H](C/C=C(\C)[C@H](O[C@@H]3C[C@@H](OC)[C@H](O[C@@H]4C[C@@H](OC)[C@H](O)[C@@H](C)O4)[C@@H](C)O3)[C@H](C)/C=C/C=C3\CO[C@H]4[C@@H](O)C(C)=C[C@H](C(=O)O1)[C@@]34O)O2. The van der Waals surface area contributed by atoms with Crippen molar-refractivity contribution >= 4 is 5.97 Å². The molecule has 7 rings (SSSR count). The van der Waals surface area contributed by atoms with E-state index < -0.39 is 90.8 Å². The third-order valence-corrected chi connectivity index (χ3v) is 14.9. The summed E-state index contributed by atoms with van der Waals surface area (Å²) in [5, 5.41) is 34.2. The Morgan fingerprint density at radius 3 is 2.35 bits per heavy atom. The van der Waals surface area contributed by atoms with Crippen LogP contribution in [0.2, 0.25) is 0 Å². The molecule has 1 aliphatic carbocycles. The molecule has 7 aliphatic rings. The zero-order valence-electron chi connectivity index (χ0n) is 38.5. The summed E-state index contributed by atoms with van der Waals surface area (Å²) in [7, 11) is 3.23. The van der Waals surface area contributed by atoms with Crippen molar-refractivity contribution in [3.05, 3.63) is 47.1 Å². The molecule has 0 unspecified atom stereocenters. The molecule has 0 aromatic heterocycles. The number of carbonyl (C=O) groups excluding carboxylic acids is 1. The highest BCUT2D eigenvalue weighted by atomic mass is 16.7. The number of methoxy groups -OCH3 is 2. The first-order valence-electron chi connectivity index (χ1n) is 23.2. The largest absolute Gasteiger partial charge is 0.462 e. The summed E-state index contributed by atoms with van der Waals surface area (Å²) >= 11 is 0. The average Bonchev–Trinajstić information content (AvgIpc) is 3.58. The lowest BCUT2D eigenvalue weighted by atomic mass is 9.71. The van der Waals surface area contributed by atoms with Crippen LogP contribution >= 0.6 is 0 Å². The first-order valence-corrected chi connectivity index (χ1v) is 23.2. The predicted molar refractivity (Wildman–Crippen MR) is 227 cm³/mol. The van der Waals surface area contributed by atoms with Crippen molar-refractivity contribution in [2.75, 3.05) is 20.8 Å². The van der Waals surface area contributed by atoms with E-state index in [1.54, 1.807) is 40.2 Å². The van der Waals surface area contributed by atoms with Crippen molar-refractivity contribution in [2.24, 2.45) is 23.7 Å². The first kappa shape index (κ1) is 47.9. The summed E-state index contributed by atoms with van der Waals surface area (Å²) in [5.74, 6) is -2.10. The molecular formula is C48H74O14. The highest BCUT2D eigenvalue weighted by Gasteiger charge is 2.60. The number of ether oxygens (including phenoxy) is 10. The topological polar surface area (TPSA) is 170 Å². The van der Waals surface area contributed by atoms with Gasteiger partial charge in [0, 0.05) is 52.2 Å². The molecule has 6 aliphatic heterocycles. The third-order valence-electron chi connectivity index (χ3n) is 14.9. The van der Waals surface area contributed by atoms with E-state index >= 15 is 0 Å². The summed E-state index contributed by atoms with van der Waals surface area (Å²) in [4.78, 5) is 14.4. The summed E-state index contributed by atoms with van der Waals surface area (Å²) in [6.45, 7) is 16.3. The van der Waals surface area contributed by atoms with Gasteiger partial charge in [0.05, 0.1) is 49.3 Å². The molecule has 350 valence electrons. The third kappa shape index (κ3) is 9.73. The van der Waals surface area contributed by atoms with E-state index in [1.807, 2.05) is 19.1 Å². The molecule has 3 N–H and O–H groups in total. The number of aliphatic hydroxyl groups is 3. The number of hydrogen-bond acceptors (Lipinski definition) is 14. The van der Waals surface area contributed by atoms with E-state index in [4.69, 9.17) is 47.4 Å². The van der Waals surface area contributed by atoms with Crippen LogP contribution in [0.5, 0.6) is 0 Å². The number of hydrogen-bond donors (Lipinski definition) is 3. The molecular weight excluding hydrogens is 801 g/mol. The Bertz CT molecular complexity index is 1680. The first-order chi connectivity index (χ1) is 29.5. The van der Waals surface area contributed by atoms with Gasteiger partial charge < -0.3 is 62.7 Å². The minimum Gasteiger partial charge on any atom is -0.462 e. The second kappa shape index (κ2) is 19.8. The molecule has 0 radical (unpaired) electrons. The maximum absolute atomic E-state index is 14.4. The summed E-state index contributed by atoms with van der Waals surface area (Å²) in [6.07, 6.45) is 6.53. The van der Waals surface area contributed by atoms with E-state index in [0.29, 0.717) is 61.5 Å². The number of rotatable bonds is 8. The molecule has 0 aromatic carbocycles. The van der Waals surface area contributed by atoms with Crippen molar-refractivity contribution in [1.29, 1.82) is 0 Å². The molecule has 6 heterocycles. The van der Waals surface area contributed by atoms with Crippen molar-refractivity contribution in [1.82, 2.24) is 0 Å². The van der Waals surface area contributed by atoms with Gasteiger partial charge in [-0.3, -0.25) is 4.79 Å². The van der Waals surface area contributed by atoms with Crippen LogP contribution in [0.15, 0.2) is 47.1 Å². The van der Waals surface area contributed by atoms with Crippen LogP contribution in [0.3, 0.4) is 0 Å². The van der Waals surface area contributed by atoms with Crippen molar-refractivity contribution in [2.45, 2.75) is 204 Å². The second-order valence-electron chi connectivity index (χ2n) is 19.4. The lowest BCUT2D eigenvalue weighted by Gasteiger charge is -2.51. The van der Waals surface area contributed by atoms with Crippen LogP contribution in [0, 0.1) is 23.7 Å². The molecule has 14 nitrogen and oxygen atoms in total. The van der Waals surface area contributed by atoms with E-state index in [0.717, 1.165) is 18.4 Å². The minimum absolute atomic E-state index is 0.00708. The Morgan fingerprint density at radius 2 is 1.63 bits per heavy atom. The lowest BCUT2D eigenvalue weighted by Crippen LogP contribution is -2.58. The highest BCUT2D eigenvalue weighted by molar-refractivity contribution is 5.78. The Hall–Kier alpha value is -2.05. The minimum atomic E-state index is -1.82. The van der Waals surface area contributed by atoms with Crippen LogP contribution in [0.4, 0.5) is 0 Å². The van der Waals surface area contributed by atoms with Gasteiger partial charge in [0.2, 0.25) is 0 Å². The van der Waals surface area contributed by atoms with Gasteiger partial charge in [-0.1, -0.05) is 64.5 Å². The Labute approximate surface area is 368 Å². The maximum Gasteiger partial charge on any atom is 0.316 e. The Morgan fingerprint density at radius 1 is 0.919 bits per heavy atom. The van der Waals surface area contributed by atoms with Crippen LogP contribution < -0.4 is 0 Å². The molecule has 20 atom stereocenters. The van der Waals surface area contributed by atoms with Gasteiger partial charge >= 0.3 is 5.97 Å². The molecule has 1 spiro atoms. The molecule has 0 saturated carbocycles. The quantitative estimate of drug-likeness (QED) is 0.204. The lowest BCUT2D eigenvalue weighted by molar-refractivity contribution is -0.340. The summed E-state index contributed by atoms with van der Waals surface area (Å²) in [6, 6.07) is 0. The zero-order valence-corrected chi connectivity index (χ0v) is 38.5. The fourth-order valence-corrected chi connectivity index (χ4v) is 11.0. The van der Waals surface area contributed by atoms with E-state index in [9.17, 15) is 20.1 Å². The normalized spacial score (nSPS) is 49.4. The molecule has 0 amide bonds. The molecule has 62 heavy (non-hydrogen) atoms. The summed E-state index contributed by atoms with van der Waals surface area (Å²) < 4.78 is 63.9. The number of carbonyl (C=O) groups is 1.